The highest BCUT2D eigenvalue weighted by molar-refractivity contribution is 7.09. The van der Waals surface area contributed by atoms with Crippen molar-refractivity contribution in [2.24, 2.45) is 0 Å². The zero-order valence-corrected chi connectivity index (χ0v) is 21.3. The van der Waals surface area contributed by atoms with Gasteiger partial charge in [-0.2, -0.15) is 17.5 Å². The Morgan fingerprint density at radius 2 is 1.75 bits per heavy atom. The van der Waals surface area contributed by atoms with Crippen molar-refractivity contribution in [2.75, 3.05) is 22.1 Å². The average molecular weight is 568 g/mol. The van der Waals surface area contributed by atoms with Crippen molar-refractivity contribution in [3.05, 3.63) is 89.2 Å². The third kappa shape index (κ3) is 5.78. The fourth-order valence-electron chi connectivity index (χ4n) is 4.41. The van der Waals surface area contributed by atoms with Gasteiger partial charge in [-0.1, -0.05) is 30.3 Å². The van der Waals surface area contributed by atoms with Gasteiger partial charge in [0.25, 0.3) is 5.91 Å². The zero-order valence-electron chi connectivity index (χ0n) is 20.5. The van der Waals surface area contributed by atoms with E-state index < -0.39 is 23.7 Å². The summed E-state index contributed by atoms with van der Waals surface area (Å²) in [5.74, 6) is -0.467. The molecule has 0 spiro atoms. The van der Waals surface area contributed by atoms with Crippen LogP contribution in [0.4, 0.5) is 34.5 Å². The number of alkyl halides is 3. The summed E-state index contributed by atoms with van der Waals surface area (Å²) < 4.78 is 42.9. The van der Waals surface area contributed by atoms with Gasteiger partial charge >= 0.3 is 12.3 Å². The fourth-order valence-corrected chi connectivity index (χ4v) is 4.98. The van der Waals surface area contributed by atoms with E-state index in [0.717, 1.165) is 29.2 Å². The molecule has 9 nitrogen and oxygen atoms in total. The summed E-state index contributed by atoms with van der Waals surface area (Å²) in [5, 5.41) is 13.8. The van der Waals surface area contributed by atoms with Crippen LogP contribution in [0.25, 0.3) is 11.1 Å². The molecule has 1 aromatic heterocycles. The maximum Gasteiger partial charge on any atom is 0.416 e. The molecule has 204 valence electrons. The van der Waals surface area contributed by atoms with E-state index in [9.17, 15) is 27.6 Å². The number of carboxylic acid groups (broad SMARTS) is 1. The third-order valence-electron chi connectivity index (χ3n) is 6.22. The first kappa shape index (κ1) is 26.8. The number of halogens is 3. The Kier molecular flexibility index (Phi) is 7.22. The number of carbonyl (C=O) groups is 3. The molecule has 3 amide bonds. The molecule has 1 aliphatic heterocycles. The number of hydrogen-bond donors (Lipinski definition) is 3. The number of aromatic nitrogens is 2. The summed E-state index contributed by atoms with van der Waals surface area (Å²) in [6.45, 7) is 0.423. The molecule has 3 N–H and O–H groups in total. The lowest BCUT2D eigenvalue weighted by Crippen LogP contribution is -2.30. The van der Waals surface area contributed by atoms with Crippen LogP contribution in [0.2, 0.25) is 0 Å². The Labute approximate surface area is 229 Å². The number of nitrogens with zero attached hydrogens (tertiary/aromatic N) is 3. The fraction of sp³-hybridized carbons (Fsp3) is 0.148. The first-order valence-corrected chi connectivity index (χ1v) is 12.7. The second-order valence-corrected chi connectivity index (χ2v) is 9.59. The van der Waals surface area contributed by atoms with Crippen LogP contribution >= 0.6 is 11.5 Å². The standard InChI is InChI=1S/C27H20F3N5O4S/c28-27(29,30)17-7-5-15(6-8-17)19-3-1-2-4-20(19)24(37)31-18-9-10-21-16(13-18)11-12-35(21)23(36)14-22-32-25(40-34-22)33-26(38)39/h1-10,13H,11-12,14H2,(H,31,37)(H,38,39)(H,32,33,34). The van der Waals surface area contributed by atoms with Crippen LogP contribution in [0.1, 0.15) is 27.3 Å². The second-order valence-electron chi connectivity index (χ2n) is 8.84. The molecule has 5 rings (SSSR count). The predicted octanol–water partition coefficient (Wildman–Crippen LogP) is 5.70. The molecule has 0 atom stereocenters. The molecule has 0 aliphatic carbocycles. The summed E-state index contributed by atoms with van der Waals surface area (Å²) >= 11 is 0.846. The minimum Gasteiger partial charge on any atom is -0.465 e. The predicted molar refractivity (Wildman–Crippen MR) is 143 cm³/mol. The number of nitrogens with one attached hydrogen (secondary N) is 2. The lowest BCUT2D eigenvalue weighted by Gasteiger charge is -2.17. The van der Waals surface area contributed by atoms with Crippen LogP contribution in [-0.2, 0) is 23.8 Å². The van der Waals surface area contributed by atoms with Crippen molar-refractivity contribution in [3.63, 3.8) is 0 Å². The smallest absolute Gasteiger partial charge is 0.416 e. The Bertz CT molecular complexity index is 1600. The summed E-state index contributed by atoms with van der Waals surface area (Å²) in [4.78, 5) is 42.4. The number of rotatable bonds is 6. The molecular formula is C27H20F3N5O4S. The van der Waals surface area contributed by atoms with Crippen molar-refractivity contribution >= 4 is 45.9 Å². The maximum absolute atomic E-state index is 13.2. The van der Waals surface area contributed by atoms with E-state index in [2.05, 4.69) is 20.0 Å². The molecule has 0 saturated carbocycles. The minimum atomic E-state index is -4.45. The van der Waals surface area contributed by atoms with E-state index in [-0.39, 0.29) is 23.3 Å². The number of fused-ring (bicyclic) bond motifs is 1. The molecule has 0 radical (unpaired) electrons. The van der Waals surface area contributed by atoms with E-state index in [1.165, 1.54) is 12.1 Å². The van der Waals surface area contributed by atoms with Crippen molar-refractivity contribution in [1.29, 1.82) is 0 Å². The first-order chi connectivity index (χ1) is 19.1. The molecule has 40 heavy (non-hydrogen) atoms. The maximum atomic E-state index is 13.2. The van der Waals surface area contributed by atoms with Crippen LogP contribution in [-0.4, -0.2) is 38.9 Å². The lowest BCUT2D eigenvalue weighted by molar-refractivity contribution is -0.137. The second kappa shape index (κ2) is 10.8. The van der Waals surface area contributed by atoms with Gasteiger partial charge < -0.3 is 15.3 Å². The number of benzene rings is 3. The monoisotopic (exact) mass is 567 g/mol. The lowest BCUT2D eigenvalue weighted by atomic mass is 9.98. The molecule has 3 aromatic carbocycles. The van der Waals surface area contributed by atoms with Crippen LogP contribution in [0.3, 0.4) is 0 Å². The minimum absolute atomic E-state index is 0.0809. The Balaban J connectivity index is 1.29. The van der Waals surface area contributed by atoms with E-state index in [0.29, 0.717) is 41.0 Å². The van der Waals surface area contributed by atoms with E-state index in [1.807, 2.05) is 0 Å². The molecule has 0 fully saturated rings. The number of carbonyl (C=O) groups excluding carboxylic acids is 2. The third-order valence-corrected chi connectivity index (χ3v) is 6.89. The van der Waals surface area contributed by atoms with Crippen molar-refractivity contribution in [3.8, 4) is 11.1 Å². The van der Waals surface area contributed by atoms with Crippen LogP contribution < -0.4 is 15.5 Å². The normalized spacial score (nSPS) is 12.6. The first-order valence-electron chi connectivity index (χ1n) is 11.9. The molecule has 0 unspecified atom stereocenters. The summed E-state index contributed by atoms with van der Waals surface area (Å²) in [5.41, 5.74) is 2.53. The summed E-state index contributed by atoms with van der Waals surface area (Å²) in [6.07, 6.45) is -5.27. The van der Waals surface area contributed by atoms with Crippen LogP contribution in [0.15, 0.2) is 66.7 Å². The highest BCUT2D eigenvalue weighted by atomic mass is 32.1. The molecule has 2 heterocycles. The summed E-state index contributed by atoms with van der Waals surface area (Å²) in [6, 6.07) is 16.4. The van der Waals surface area contributed by atoms with Crippen molar-refractivity contribution in [2.45, 2.75) is 19.0 Å². The Hall–Kier alpha value is -4.78. The van der Waals surface area contributed by atoms with Gasteiger partial charge in [0.2, 0.25) is 11.0 Å². The van der Waals surface area contributed by atoms with Crippen LogP contribution in [0, 0.1) is 0 Å². The highest BCUT2D eigenvalue weighted by Gasteiger charge is 2.30. The highest BCUT2D eigenvalue weighted by Crippen LogP contribution is 2.33. The van der Waals surface area contributed by atoms with E-state index in [1.54, 1.807) is 47.4 Å². The molecule has 0 bridgehead atoms. The molecule has 4 aromatic rings. The van der Waals surface area contributed by atoms with Gasteiger partial charge in [0.15, 0.2) is 5.82 Å². The van der Waals surface area contributed by atoms with Crippen molar-refractivity contribution in [1.82, 2.24) is 9.36 Å². The summed E-state index contributed by atoms with van der Waals surface area (Å²) in [7, 11) is 0. The zero-order chi connectivity index (χ0) is 28.4. The molecule has 13 heteroatoms. The topological polar surface area (TPSA) is 125 Å². The van der Waals surface area contributed by atoms with E-state index in [4.69, 9.17) is 5.11 Å². The van der Waals surface area contributed by atoms with Gasteiger partial charge in [-0.15, -0.1) is 0 Å². The van der Waals surface area contributed by atoms with Gasteiger partial charge in [-0.05, 0) is 59.5 Å². The van der Waals surface area contributed by atoms with Crippen LogP contribution in [0.5, 0.6) is 0 Å². The quantitative estimate of drug-likeness (QED) is 0.275. The molecule has 1 aliphatic rings. The number of amides is 3. The molecule has 0 saturated heterocycles. The van der Waals surface area contributed by atoms with Gasteiger partial charge in [0.05, 0.1) is 12.0 Å². The van der Waals surface area contributed by atoms with Gasteiger partial charge in [0.1, 0.15) is 0 Å². The Morgan fingerprint density at radius 3 is 2.48 bits per heavy atom. The number of hydrogen-bond acceptors (Lipinski definition) is 6. The average Bonchev–Trinajstić information content (AvgIpc) is 3.54. The van der Waals surface area contributed by atoms with Gasteiger partial charge in [-0.25, -0.2) is 9.78 Å². The van der Waals surface area contributed by atoms with Gasteiger partial charge in [0, 0.05) is 35.0 Å². The van der Waals surface area contributed by atoms with Gasteiger partial charge in [-0.3, -0.25) is 14.9 Å². The van der Waals surface area contributed by atoms with E-state index >= 15 is 0 Å². The van der Waals surface area contributed by atoms with Crippen molar-refractivity contribution < 1.29 is 32.7 Å². The largest absolute Gasteiger partial charge is 0.465 e. The number of anilines is 3. The Morgan fingerprint density at radius 1 is 1.00 bits per heavy atom. The molecular weight excluding hydrogens is 547 g/mol. The SMILES string of the molecule is O=C(O)Nc1nc(CC(=O)N2CCc3cc(NC(=O)c4ccccc4-c4ccc(C(F)(F)F)cc4)ccc32)ns1.